The maximum Gasteiger partial charge on any atom is 0.334 e. The zero-order chi connectivity index (χ0) is 12.7. The van der Waals surface area contributed by atoms with Crippen LogP contribution in [-0.2, 0) is 23.9 Å². The molecule has 0 aromatic heterocycles. The van der Waals surface area contributed by atoms with Gasteiger partial charge in [0.2, 0.25) is 0 Å². The molecule has 0 aromatic rings. The van der Waals surface area contributed by atoms with Crippen LogP contribution in [0, 0.1) is 0 Å². The van der Waals surface area contributed by atoms with Crippen LogP contribution >= 0.6 is 0 Å². The van der Waals surface area contributed by atoms with E-state index < -0.39 is 20.7 Å². The van der Waals surface area contributed by atoms with Crippen molar-refractivity contribution >= 4 is 16.8 Å². The minimum Gasteiger partial charge on any atom is -0.348 e. The third kappa shape index (κ3) is 2.46. The van der Waals surface area contributed by atoms with Gasteiger partial charge in [0, 0.05) is 6.72 Å². The van der Waals surface area contributed by atoms with Gasteiger partial charge in [0.15, 0.2) is 5.79 Å². The van der Waals surface area contributed by atoms with Gasteiger partial charge < -0.3 is 9.47 Å². The van der Waals surface area contributed by atoms with Gasteiger partial charge >= 0.3 is 10.1 Å². The van der Waals surface area contributed by atoms with Gasteiger partial charge in [-0.05, 0) is 33.1 Å². The number of rotatable bonds is 5. The highest BCUT2D eigenvalue weighted by atomic mass is 32.2. The zero-order valence-corrected chi connectivity index (χ0v) is 10.8. The molecule has 0 radical (unpaired) electrons. The molecule has 0 N–H and O–H groups in total. The molecule has 1 saturated heterocycles. The van der Waals surface area contributed by atoms with Crippen molar-refractivity contribution in [1.82, 2.24) is 0 Å². The summed E-state index contributed by atoms with van der Waals surface area (Å²) in [5.41, 5.74) is 0. The first-order chi connectivity index (χ1) is 7.80. The van der Waals surface area contributed by atoms with E-state index in [0.29, 0.717) is 25.9 Å². The van der Waals surface area contributed by atoms with Crippen LogP contribution in [-0.4, -0.2) is 38.4 Å². The maximum absolute atomic E-state index is 11.8. The van der Waals surface area contributed by atoms with Gasteiger partial charge in [0.25, 0.3) is 0 Å². The summed E-state index contributed by atoms with van der Waals surface area (Å²) in [7, 11) is -3.69. The van der Waals surface area contributed by atoms with Crippen LogP contribution in [0.1, 0.15) is 33.1 Å². The number of ether oxygens (including phenoxy) is 2. The molecule has 2 aliphatic rings. The van der Waals surface area contributed by atoms with E-state index in [4.69, 9.17) is 9.47 Å². The van der Waals surface area contributed by atoms with Crippen LogP contribution < -0.4 is 0 Å². The molecule has 7 heteroatoms. The van der Waals surface area contributed by atoms with Gasteiger partial charge in [0.1, 0.15) is 4.75 Å². The minimum absolute atomic E-state index is 0.212. The predicted molar refractivity (Wildman–Crippen MR) is 61.0 cm³/mol. The lowest BCUT2D eigenvalue weighted by Gasteiger charge is -2.20. The molecule has 6 nitrogen and oxygen atoms in total. The van der Waals surface area contributed by atoms with E-state index in [1.165, 1.54) is 0 Å². The van der Waals surface area contributed by atoms with E-state index in [-0.39, 0.29) is 6.10 Å². The lowest BCUT2D eigenvalue weighted by Crippen LogP contribution is -2.31. The molecule has 1 aliphatic carbocycles. The summed E-state index contributed by atoms with van der Waals surface area (Å²) >= 11 is 0. The Morgan fingerprint density at radius 1 is 1.47 bits per heavy atom. The first-order valence-electron chi connectivity index (χ1n) is 5.51. The fourth-order valence-electron chi connectivity index (χ4n) is 2.12. The standard InChI is InChI=1S/C10H17NO5S/c1-9(2)14-7-8(15-9)6-10(4-5-10)17(12,13)16-11-3/h8H,3-7H2,1-2H3/t8-/m1/s1. The fraction of sp³-hybridized carbons (Fsp3) is 0.900. The number of nitrogens with zero attached hydrogens (tertiary/aromatic N) is 1. The van der Waals surface area contributed by atoms with E-state index in [2.05, 4.69) is 16.2 Å². The van der Waals surface area contributed by atoms with E-state index in [1.807, 2.05) is 13.8 Å². The zero-order valence-electron chi connectivity index (χ0n) is 10.0. The molecule has 1 aliphatic heterocycles. The van der Waals surface area contributed by atoms with Crippen LogP contribution in [0.5, 0.6) is 0 Å². The van der Waals surface area contributed by atoms with Crippen LogP contribution in [0.2, 0.25) is 0 Å². The topological polar surface area (TPSA) is 74.2 Å². The minimum atomic E-state index is -3.69. The van der Waals surface area contributed by atoms with E-state index in [0.717, 1.165) is 0 Å². The molecule has 98 valence electrons. The van der Waals surface area contributed by atoms with Crippen LogP contribution in [0.4, 0.5) is 0 Å². The smallest absolute Gasteiger partial charge is 0.334 e. The lowest BCUT2D eigenvalue weighted by atomic mass is 10.2. The molecular formula is C10H17NO5S. The van der Waals surface area contributed by atoms with Crippen LogP contribution in [0.25, 0.3) is 0 Å². The summed E-state index contributed by atoms with van der Waals surface area (Å²) in [6.45, 7) is 7.06. The monoisotopic (exact) mass is 263 g/mol. The van der Waals surface area contributed by atoms with Crippen molar-refractivity contribution in [3.8, 4) is 0 Å². The van der Waals surface area contributed by atoms with Gasteiger partial charge in [-0.1, -0.05) is 5.16 Å². The first kappa shape index (κ1) is 12.8. The Balaban J connectivity index is 2.02. The molecule has 2 fully saturated rings. The highest BCUT2D eigenvalue weighted by Gasteiger charge is 2.58. The molecule has 0 bridgehead atoms. The second-order valence-corrected chi connectivity index (χ2v) is 6.92. The molecule has 1 heterocycles. The second kappa shape index (κ2) is 3.93. The van der Waals surface area contributed by atoms with Crippen molar-refractivity contribution in [2.45, 2.75) is 49.7 Å². The van der Waals surface area contributed by atoms with Crippen molar-refractivity contribution in [2.24, 2.45) is 5.16 Å². The van der Waals surface area contributed by atoms with Gasteiger partial charge in [-0.25, -0.2) is 0 Å². The predicted octanol–water partition coefficient (Wildman–Crippen LogP) is 1.02. The van der Waals surface area contributed by atoms with Gasteiger partial charge in [-0.15, -0.1) is 0 Å². The van der Waals surface area contributed by atoms with Crippen molar-refractivity contribution in [1.29, 1.82) is 0 Å². The summed E-state index contributed by atoms with van der Waals surface area (Å²) < 4.78 is 38.2. The Hall–Kier alpha value is -0.660. The SMILES string of the molecule is C=NOS(=O)(=O)C1(C[C@@H]2COC(C)(C)O2)CC1. The maximum atomic E-state index is 11.8. The van der Waals surface area contributed by atoms with Gasteiger partial charge in [-0.3, -0.25) is 4.28 Å². The van der Waals surface area contributed by atoms with Crippen molar-refractivity contribution in [2.75, 3.05) is 6.61 Å². The van der Waals surface area contributed by atoms with Crippen molar-refractivity contribution in [3.05, 3.63) is 0 Å². The summed E-state index contributed by atoms with van der Waals surface area (Å²) in [6.07, 6.45) is 1.32. The van der Waals surface area contributed by atoms with E-state index >= 15 is 0 Å². The molecule has 0 amide bonds. The summed E-state index contributed by atoms with van der Waals surface area (Å²) in [5, 5.41) is 3.01. The number of hydrogen-bond donors (Lipinski definition) is 0. The van der Waals surface area contributed by atoms with Crippen molar-refractivity contribution < 1.29 is 22.2 Å². The second-order valence-electron chi connectivity index (χ2n) is 5.00. The summed E-state index contributed by atoms with van der Waals surface area (Å²) in [5.74, 6) is -0.637. The van der Waals surface area contributed by atoms with Gasteiger partial charge in [0.05, 0.1) is 12.7 Å². The number of hydrogen-bond acceptors (Lipinski definition) is 6. The largest absolute Gasteiger partial charge is 0.348 e. The molecule has 2 rings (SSSR count). The van der Waals surface area contributed by atoms with E-state index in [9.17, 15) is 8.42 Å². The molecule has 0 aromatic carbocycles. The molecule has 1 saturated carbocycles. The molecule has 0 unspecified atom stereocenters. The van der Waals surface area contributed by atoms with Crippen LogP contribution in [0.15, 0.2) is 5.16 Å². The molecule has 1 atom stereocenters. The Morgan fingerprint density at radius 3 is 2.53 bits per heavy atom. The van der Waals surface area contributed by atoms with Crippen molar-refractivity contribution in [3.63, 3.8) is 0 Å². The average molecular weight is 263 g/mol. The Bertz CT molecular complexity index is 412. The highest BCUT2D eigenvalue weighted by molar-refractivity contribution is 7.88. The average Bonchev–Trinajstić information content (AvgIpc) is 2.88. The Labute approximate surface area is 101 Å². The third-order valence-corrected chi connectivity index (χ3v) is 5.09. The first-order valence-corrected chi connectivity index (χ1v) is 6.92. The summed E-state index contributed by atoms with van der Waals surface area (Å²) in [6, 6.07) is 0. The highest BCUT2D eigenvalue weighted by Crippen LogP contribution is 2.49. The molecular weight excluding hydrogens is 246 g/mol. The lowest BCUT2D eigenvalue weighted by molar-refractivity contribution is -0.139. The summed E-state index contributed by atoms with van der Waals surface area (Å²) in [4.78, 5) is 0. The Morgan fingerprint density at radius 2 is 2.12 bits per heavy atom. The normalized spacial score (nSPS) is 29.9. The Kier molecular flexibility index (Phi) is 2.95. The third-order valence-electron chi connectivity index (χ3n) is 3.16. The fourth-order valence-corrected chi connectivity index (χ4v) is 3.41. The molecule has 0 spiro atoms. The van der Waals surface area contributed by atoms with E-state index in [1.54, 1.807) is 0 Å². The van der Waals surface area contributed by atoms with Gasteiger partial charge in [-0.2, -0.15) is 8.42 Å². The molecule has 17 heavy (non-hydrogen) atoms. The quantitative estimate of drug-likeness (QED) is 0.547. The number of oxime groups is 1. The van der Waals surface area contributed by atoms with Crippen LogP contribution in [0.3, 0.4) is 0 Å².